The highest BCUT2D eigenvalue weighted by Crippen LogP contribution is 2.14. The van der Waals surface area contributed by atoms with Crippen molar-refractivity contribution >= 4 is 5.84 Å². The van der Waals surface area contributed by atoms with Crippen LogP contribution in [0.25, 0.3) is 0 Å². The molecule has 0 spiro atoms. The van der Waals surface area contributed by atoms with E-state index in [9.17, 15) is 0 Å². The van der Waals surface area contributed by atoms with Crippen molar-refractivity contribution in [2.75, 3.05) is 26.2 Å². The molecule has 0 aliphatic carbocycles. The minimum absolute atomic E-state index is 0.552. The fourth-order valence-electron chi connectivity index (χ4n) is 6.61. The topological polar surface area (TPSA) is 27.6 Å². The molecule has 3 heteroatoms. The van der Waals surface area contributed by atoms with E-state index in [-0.39, 0.29) is 0 Å². The van der Waals surface area contributed by atoms with Crippen molar-refractivity contribution in [3.05, 3.63) is 24.3 Å². The number of hydrogen-bond donors (Lipinski definition) is 1. The zero-order chi connectivity index (χ0) is 32.3. The van der Waals surface area contributed by atoms with Gasteiger partial charge in [-0.25, -0.2) is 0 Å². The highest BCUT2D eigenvalue weighted by atomic mass is 15.2. The number of nitrogens with one attached hydrogen (secondary N) is 1. The van der Waals surface area contributed by atoms with Gasteiger partial charge in [-0.15, -0.1) is 0 Å². The normalized spacial score (nSPS) is 14.4. The van der Waals surface area contributed by atoms with Crippen LogP contribution in [-0.2, 0) is 0 Å². The van der Waals surface area contributed by atoms with Crippen LogP contribution in [0, 0.1) is 0 Å². The molecule has 1 heterocycles. The predicted molar refractivity (Wildman–Crippen MR) is 205 cm³/mol. The fraction of sp³-hybridized carbons (Fsp3) is 0.881. The SMILES string of the molecule is CCCCCCCC/C=C\CCCCCCCCNC(C)CN1CCN=C1CCCCCCCC/C=C\CCCCCCCC. The lowest BCUT2D eigenvalue weighted by molar-refractivity contribution is 0.376. The van der Waals surface area contributed by atoms with Gasteiger partial charge < -0.3 is 10.2 Å². The van der Waals surface area contributed by atoms with Gasteiger partial charge in [0.25, 0.3) is 0 Å². The van der Waals surface area contributed by atoms with Crippen molar-refractivity contribution in [2.24, 2.45) is 4.99 Å². The van der Waals surface area contributed by atoms with Gasteiger partial charge in [-0.2, -0.15) is 0 Å². The van der Waals surface area contributed by atoms with Crippen molar-refractivity contribution in [3.63, 3.8) is 0 Å². The summed E-state index contributed by atoms with van der Waals surface area (Å²) in [4.78, 5) is 7.43. The van der Waals surface area contributed by atoms with E-state index in [4.69, 9.17) is 4.99 Å². The van der Waals surface area contributed by atoms with E-state index in [1.807, 2.05) is 0 Å². The molecule has 1 atom stereocenters. The van der Waals surface area contributed by atoms with Crippen LogP contribution >= 0.6 is 0 Å². The lowest BCUT2D eigenvalue weighted by atomic mass is 10.1. The number of amidine groups is 1. The summed E-state index contributed by atoms with van der Waals surface area (Å²) in [6.45, 7) is 11.4. The third kappa shape index (κ3) is 28.8. The van der Waals surface area contributed by atoms with Gasteiger partial charge in [0.15, 0.2) is 0 Å². The molecule has 1 aliphatic heterocycles. The van der Waals surface area contributed by atoms with Crippen molar-refractivity contribution in [1.82, 2.24) is 10.2 Å². The summed E-state index contributed by atoms with van der Waals surface area (Å²) in [5.74, 6) is 1.39. The summed E-state index contributed by atoms with van der Waals surface area (Å²) in [6, 6.07) is 0.552. The van der Waals surface area contributed by atoms with Gasteiger partial charge in [-0.05, 0) is 77.7 Å². The smallest absolute Gasteiger partial charge is 0.0990 e. The Labute approximate surface area is 284 Å². The molecule has 3 nitrogen and oxygen atoms in total. The van der Waals surface area contributed by atoms with Crippen LogP contribution in [0.15, 0.2) is 29.3 Å². The van der Waals surface area contributed by atoms with E-state index in [0.29, 0.717) is 6.04 Å². The molecule has 45 heavy (non-hydrogen) atoms. The summed E-state index contributed by atoms with van der Waals surface area (Å²) >= 11 is 0. The maximum Gasteiger partial charge on any atom is 0.0990 e. The lowest BCUT2D eigenvalue weighted by Gasteiger charge is -2.25. The Bertz CT molecular complexity index is 681. The second kappa shape index (κ2) is 34.3. The molecule has 0 aromatic rings. The van der Waals surface area contributed by atoms with E-state index < -0.39 is 0 Å². The summed E-state index contributed by atoms with van der Waals surface area (Å²) in [5.41, 5.74) is 0. The molecular formula is C42H81N3. The largest absolute Gasteiger partial charge is 0.357 e. The average Bonchev–Trinajstić information content (AvgIpc) is 3.48. The van der Waals surface area contributed by atoms with Gasteiger partial charge in [-0.1, -0.05) is 154 Å². The molecule has 0 fully saturated rings. The molecular weight excluding hydrogens is 546 g/mol. The predicted octanol–water partition coefficient (Wildman–Crippen LogP) is 13.1. The summed E-state index contributed by atoms with van der Waals surface area (Å²) in [5, 5.41) is 3.79. The number of hydrogen-bond acceptors (Lipinski definition) is 3. The minimum Gasteiger partial charge on any atom is -0.357 e. The van der Waals surface area contributed by atoms with Crippen molar-refractivity contribution in [1.29, 1.82) is 0 Å². The highest BCUT2D eigenvalue weighted by molar-refractivity contribution is 5.83. The summed E-state index contributed by atoms with van der Waals surface area (Å²) in [7, 11) is 0. The van der Waals surface area contributed by atoms with E-state index in [1.165, 1.54) is 192 Å². The Morgan fingerprint density at radius 1 is 0.556 bits per heavy atom. The van der Waals surface area contributed by atoms with E-state index in [1.54, 1.807) is 0 Å². The Hall–Kier alpha value is -1.09. The first kappa shape index (κ1) is 41.9. The van der Waals surface area contributed by atoms with E-state index in [2.05, 4.69) is 55.3 Å². The first-order valence-corrected chi connectivity index (χ1v) is 20.6. The summed E-state index contributed by atoms with van der Waals surface area (Å²) in [6.07, 6.45) is 49.5. The number of aliphatic imine (C=N–C) groups is 1. The van der Waals surface area contributed by atoms with Crippen LogP contribution in [0.4, 0.5) is 0 Å². The number of allylic oxidation sites excluding steroid dienone is 4. The Morgan fingerprint density at radius 3 is 1.42 bits per heavy atom. The lowest BCUT2D eigenvalue weighted by Crippen LogP contribution is -2.41. The first-order chi connectivity index (χ1) is 22.3. The zero-order valence-corrected chi connectivity index (χ0v) is 31.1. The van der Waals surface area contributed by atoms with Crippen molar-refractivity contribution in [2.45, 2.75) is 213 Å². The van der Waals surface area contributed by atoms with Crippen LogP contribution in [0.2, 0.25) is 0 Å². The van der Waals surface area contributed by atoms with Crippen molar-refractivity contribution in [3.8, 4) is 0 Å². The molecule has 1 N–H and O–H groups in total. The molecule has 1 rings (SSSR count). The second-order valence-electron chi connectivity index (χ2n) is 14.2. The Morgan fingerprint density at radius 2 is 0.956 bits per heavy atom. The monoisotopic (exact) mass is 628 g/mol. The van der Waals surface area contributed by atoms with Gasteiger partial charge in [0.2, 0.25) is 0 Å². The second-order valence-corrected chi connectivity index (χ2v) is 14.2. The van der Waals surface area contributed by atoms with Gasteiger partial charge in [0.1, 0.15) is 0 Å². The third-order valence-electron chi connectivity index (χ3n) is 9.62. The van der Waals surface area contributed by atoms with Crippen molar-refractivity contribution < 1.29 is 0 Å². The molecule has 1 unspecified atom stereocenters. The molecule has 264 valence electrons. The maximum atomic E-state index is 4.86. The van der Waals surface area contributed by atoms with E-state index in [0.717, 1.165) is 26.2 Å². The van der Waals surface area contributed by atoms with Gasteiger partial charge in [0, 0.05) is 25.6 Å². The molecule has 0 bridgehead atoms. The molecule has 0 radical (unpaired) electrons. The average molecular weight is 628 g/mol. The zero-order valence-electron chi connectivity index (χ0n) is 31.1. The molecule has 1 aliphatic rings. The Kier molecular flexibility index (Phi) is 31.9. The molecule has 0 aromatic heterocycles. The molecule has 0 saturated heterocycles. The fourth-order valence-corrected chi connectivity index (χ4v) is 6.61. The molecule has 0 aromatic carbocycles. The number of unbranched alkanes of at least 4 members (excludes halogenated alkanes) is 24. The molecule has 0 amide bonds. The first-order valence-electron chi connectivity index (χ1n) is 20.6. The number of rotatable bonds is 35. The number of nitrogens with zero attached hydrogens (tertiary/aromatic N) is 2. The summed E-state index contributed by atoms with van der Waals surface area (Å²) < 4.78 is 0. The highest BCUT2D eigenvalue weighted by Gasteiger charge is 2.18. The quantitative estimate of drug-likeness (QED) is 0.0559. The van der Waals surface area contributed by atoms with Crippen LogP contribution in [-0.4, -0.2) is 43.0 Å². The van der Waals surface area contributed by atoms with E-state index >= 15 is 0 Å². The van der Waals surface area contributed by atoms with Crippen LogP contribution in [0.3, 0.4) is 0 Å². The minimum atomic E-state index is 0.552. The standard InChI is InChI=1S/C42H81N3/c1-4-6-8-10-12-14-16-18-20-22-24-26-28-30-32-34-36-42-44-38-39-45(42)40-41(3)43-37-35-33-31-29-27-25-23-21-19-17-15-13-11-9-7-5-2/h18-21,41,43H,4-17,22-40H2,1-3H3/b20-18-,21-19-. The van der Waals surface area contributed by atoms with Gasteiger partial charge in [-0.3, -0.25) is 4.99 Å². The molecule has 0 saturated carbocycles. The van der Waals surface area contributed by atoms with Gasteiger partial charge in [0.05, 0.1) is 12.4 Å². The third-order valence-corrected chi connectivity index (χ3v) is 9.62. The Balaban J connectivity index is 1.88. The maximum absolute atomic E-state index is 4.86. The van der Waals surface area contributed by atoms with Crippen LogP contribution in [0.1, 0.15) is 207 Å². The van der Waals surface area contributed by atoms with Crippen LogP contribution < -0.4 is 5.32 Å². The van der Waals surface area contributed by atoms with Gasteiger partial charge >= 0.3 is 0 Å². The van der Waals surface area contributed by atoms with Crippen LogP contribution in [0.5, 0.6) is 0 Å².